The summed E-state index contributed by atoms with van der Waals surface area (Å²) in [5, 5.41) is 6.88. The molecule has 1 aromatic rings. The van der Waals surface area contributed by atoms with Crippen molar-refractivity contribution in [3.63, 3.8) is 0 Å². The predicted molar refractivity (Wildman–Crippen MR) is 97.1 cm³/mol. The van der Waals surface area contributed by atoms with E-state index in [1.54, 1.807) is 0 Å². The van der Waals surface area contributed by atoms with E-state index < -0.39 is 0 Å². The lowest BCUT2D eigenvalue weighted by molar-refractivity contribution is 0.724. The fourth-order valence-electron chi connectivity index (χ4n) is 2.45. The van der Waals surface area contributed by atoms with Crippen molar-refractivity contribution in [2.24, 2.45) is 4.99 Å². The summed E-state index contributed by atoms with van der Waals surface area (Å²) in [6.07, 6.45) is 3.60. The van der Waals surface area contributed by atoms with Gasteiger partial charge in [0.2, 0.25) is 0 Å². The Bertz CT molecular complexity index is 445. The van der Waals surface area contributed by atoms with Gasteiger partial charge in [-0.15, -0.1) is 24.0 Å². The molecule has 1 aliphatic rings. The van der Waals surface area contributed by atoms with Gasteiger partial charge in [0.05, 0.1) is 0 Å². The maximum atomic E-state index is 4.28. The van der Waals surface area contributed by atoms with Crippen molar-refractivity contribution in [3.8, 4) is 0 Å². The molecule has 2 unspecified atom stereocenters. The average Bonchev–Trinajstić information content (AvgIpc) is 3.17. The topological polar surface area (TPSA) is 36.4 Å². The molecule has 2 rings (SSSR count). The fraction of sp³-hybridized carbons (Fsp3) is 0.562. The SMILES string of the molecule is CCCCNC(=NC)NC1CC1c1ccccc1C.I. The highest BCUT2D eigenvalue weighted by Gasteiger charge is 2.39. The molecule has 112 valence electrons. The molecule has 20 heavy (non-hydrogen) atoms. The van der Waals surface area contributed by atoms with Crippen LogP contribution in [0.3, 0.4) is 0 Å². The first-order valence-electron chi connectivity index (χ1n) is 7.29. The summed E-state index contributed by atoms with van der Waals surface area (Å²) >= 11 is 0. The summed E-state index contributed by atoms with van der Waals surface area (Å²) in [6, 6.07) is 9.21. The summed E-state index contributed by atoms with van der Waals surface area (Å²) in [7, 11) is 1.84. The number of hydrogen-bond acceptors (Lipinski definition) is 1. The summed E-state index contributed by atoms with van der Waals surface area (Å²) in [4.78, 5) is 4.28. The van der Waals surface area contributed by atoms with Crippen molar-refractivity contribution in [1.82, 2.24) is 10.6 Å². The van der Waals surface area contributed by atoms with Crippen LogP contribution in [0, 0.1) is 6.92 Å². The fourth-order valence-corrected chi connectivity index (χ4v) is 2.45. The molecular weight excluding hydrogens is 361 g/mol. The third-order valence-electron chi connectivity index (χ3n) is 3.75. The van der Waals surface area contributed by atoms with Crippen molar-refractivity contribution in [1.29, 1.82) is 0 Å². The Morgan fingerprint density at radius 1 is 1.35 bits per heavy atom. The Labute approximate surface area is 139 Å². The van der Waals surface area contributed by atoms with E-state index in [2.05, 4.69) is 53.7 Å². The second-order valence-corrected chi connectivity index (χ2v) is 5.30. The molecule has 2 atom stereocenters. The van der Waals surface area contributed by atoms with Crippen LogP contribution in [0.1, 0.15) is 43.2 Å². The van der Waals surface area contributed by atoms with Crippen molar-refractivity contribution in [2.45, 2.75) is 45.1 Å². The second kappa shape index (κ2) is 8.49. The number of nitrogens with zero attached hydrogens (tertiary/aromatic N) is 1. The van der Waals surface area contributed by atoms with E-state index in [9.17, 15) is 0 Å². The van der Waals surface area contributed by atoms with Gasteiger partial charge in [-0.25, -0.2) is 0 Å². The minimum absolute atomic E-state index is 0. The molecule has 0 saturated heterocycles. The summed E-state index contributed by atoms with van der Waals surface area (Å²) in [5.74, 6) is 1.58. The van der Waals surface area contributed by atoms with Gasteiger partial charge in [0.15, 0.2) is 5.96 Å². The molecule has 0 aliphatic heterocycles. The minimum atomic E-state index is 0. The van der Waals surface area contributed by atoms with E-state index in [0.717, 1.165) is 12.5 Å². The van der Waals surface area contributed by atoms with Gasteiger partial charge in [-0.2, -0.15) is 0 Å². The van der Waals surface area contributed by atoms with Crippen molar-refractivity contribution in [2.75, 3.05) is 13.6 Å². The zero-order valence-electron chi connectivity index (χ0n) is 12.6. The number of halogens is 1. The highest BCUT2D eigenvalue weighted by Crippen LogP contribution is 2.41. The molecule has 2 N–H and O–H groups in total. The van der Waals surface area contributed by atoms with Crippen LogP contribution >= 0.6 is 24.0 Å². The van der Waals surface area contributed by atoms with Crippen LogP contribution < -0.4 is 10.6 Å². The van der Waals surface area contributed by atoms with Crippen LogP contribution in [0.15, 0.2) is 29.3 Å². The summed E-state index contributed by atoms with van der Waals surface area (Å²) in [5.41, 5.74) is 2.87. The van der Waals surface area contributed by atoms with Crippen LogP contribution in [0.25, 0.3) is 0 Å². The van der Waals surface area contributed by atoms with E-state index in [1.165, 1.54) is 30.4 Å². The maximum absolute atomic E-state index is 4.28. The van der Waals surface area contributed by atoms with Gasteiger partial charge >= 0.3 is 0 Å². The van der Waals surface area contributed by atoms with E-state index in [0.29, 0.717) is 12.0 Å². The van der Waals surface area contributed by atoms with Gasteiger partial charge in [-0.1, -0.05) is 37.6 Å². The zero-order chi connectivity index (χ0) is 13.7. The van der Waals surface area contributed by atoms with Gasteiger partial charge < -0.3 is 10.6 Å². The highest BCUT2D eigenvalue weighted by atomic mass is 127. The standard InChI is InChI=1S/C16H25N3.HI/c1-4-5-10-18-16(17-3)19-15-11-14(15)13-9-7-6-8-12(13)2;/h6-9,14-15H,4-5,10-11H2,1-3H3,(H2,17,18,19);1H. The molecule has 3 nitrogen and oxygen atoms in total. The number of aryl methyl sites for hydroxylation is 1. The molecule has 0 bridgehead atoms. The number of guanidine groups is 1. The van der Waals surface area contributed by atoms with E-state index in [-0.39, 0.29) is 24.0 Å². The van der Waals surface area contributed by atoms with Gasteiger partial charge in [0.1, 0.15) is 0 Å². The lowest BCUT2D eigenvalue weighted by atomic mass is 10.0. The lowest BCUT2D eigenvalue weighted by Gasteiger charge is -2.12. The number of benzene rings is 1. The van der Waals surface area contributed by atoms with E-state index in [4.69, 9.17) is 0 Å². The number of nitrogens with one attached hydrogen (secondary N) is 2. The number of rotatable bonds is 5. The smallest absolute Gasteiger partial charge is 0.191 e. The Morgan fingerprint density at radius 3 is 2.75 bits per heavy atom. The Kier molecular flexibility index (Phi) is 7.34. The minimum Gasteiger partial charge on any atom is -0.356 e. The zero-order valence-corrected chi connectivity index (χ0v) is 15.0. The van der Waals surface area contributed by atoms with Crippen LogP contribution in [0.5, 0.6) is 0 Å². The second-order valence-electron chi connectivity index (χ2n) is 5.30. The molecule has 1 saturated carbocycles. The number of unbranched alkanes of at least 4 members (excludes halogenated alkanes) is 1. The van der Waals surface area contributed by atoms with Crippen LogP contribution in [0.2, 0.25) is 0 Å². The molecule has 0 aromatic heterocycles. The normalized spacial score (nSPS) is 21.1. The third-order valence-corrected chi connectivity index (χ3v) is 3.75. The number of hydrogen-bond donors (Lipinski definition) is 2. The lowest BCUT2D eigenvalue weighted by Crippen LogP contribution is -2.39. The summed E-state index contributed by atoms with van der Waals surface area (Å²) < 4.78 is 0. The molecule has 1 aliphatic carbocycles. The van der Waals surface area contributed by atoms with Gasteiger partial charge in [0, 0.05) is 25.6 Å². The Morgan fingerprint density at radius 2 is 2.10 bits per heavy atom. The molecule has 0 spiro atoms. The molecule has 1 fully saturated rings. The quantitative estimate of drug-likeness (QED) is 0.352. The molecule has 1 aromatic carbocycles. The van der Waals surface area contributed by atoms with Crippen molar-refractivity contribution < 1.29 is 0 Å². The predicted octanol–water partition coefficient (Wildman–Crippen LogP) is 3.43. The third kappa shape index (κ3) is 4.65. The molecule has 0 radical (unpaired) electrons. The highest BCUT2D eigenvalue weighted by molar-refractivity contribution is 14.0. The summed E-state index contributed by atoms with van der Waals surface area (Å²) in [6.45, 7) is 5.39. The molecule has 0 heterocycles. The molecule has 4 heteroatoms. The van der Waals surface area contributed by atoms with E-state index in [1.807, 2.05) is 7.05 Å². The Balaban J connectivity index is 0.00000200. The van der Waals surface area contributed by atoms with E-state index >= 15 is 0 Å². The largest absolute Gasteiger partial charge is 0.356 e. The first-order valence-corrected chi connectivity index (χ1v) is 7.29. The van der Waals surface area contributed by atoms with Crippen LogP contribution in [0.4, 0.5) is 0 Å². The van der Waals surface area contributed by atoms with Gasteiger partial charge in [-0.05, 0) is 30.9 Å². The molecule has 0 amide bonds. The van der Waals surface area contributed by atoms with Crippen LogP contribution in [-0.4, -0.2) is 25.6 Å². The van der Waals surface area contributed by atoms with Gasteiger partial charge in [-0.3, -0.25) is 4.99 Å². The first kappa shape index (κ1) is 17.3. The maximum Gasteiger partial charge on any atom is 0.191 e. The van der Waals surface area contributed by atoms with Crippen molar-refractivity contribution in [3.05, 3.63) is 35.4 Å². The Hall–Kier alpha value is -0.780. The van der Waals surface area contributed by atoms with Gasteiger partial charge in [0.25, 0.3) is 0 Å². The molecular formula is C16H26IN3. The monoisotopic (exact) mass is 387 g/mol. The van der Waals surface area contributed by atoms with Crippen molar-refractivity contribution >= 4 is 29.9 Å². The van der Waals surface area contributed by atoms with Crippen LogP contribution in [-0.2, 0) is 0 Å². The number of aliphatic imine (C=N–C) groups is 1. The average molecular weight is 387 g/mol. The first-order chi connectivity index (χ1) is 9.26.